The molecule has 1 aromatic rings. The van der Waals surface area contributed by atoms with Gasteiger partial charge in [0, 0.05) is 18.3 Å². The lowest BCUT2D eigenvalue weighted by molar-refractivity contribution is -0.116. The molecular weight excluding hydrogens is 172 g/mol. The molecule has 0 aliphatic heterocycles. The average Bonchev–Trinajstić information content (AvgIpc) is 2.36. The van der Waals surface area contributed by atoms with Gasteiger partial charge in [-0.15, -0.1) is 11.3 Å². The number of carbonyl (C=O) groups is 1. The topological polar surface area (TPSA) is 42.0 Å². The van der Waals surface area contributed by atoms with E-state index in [4.69, 9.17) is 0 Å². The molecule has 0 amide bonds. The largest absolute Gasteiger partial charge is 0.314 e. The molecule has 66 valence electrons. The highest BCUT2D eigenvalue weighted by atomic mass is 32.1. The molecule has 0 spiro atoms. The Kier molecular flexibility index (Phi) is 3.37. The molecule has 0 aromatic carbocycles. The van der Waals surface area contributed by atoms with E-state index >= 15 is 0 Å². The fraction of sp³-hybridized carbons (Fsp3) is 0.500. The molecule has 0 aliphatic carbocycles. The summed E-state index contributed by atoms with van der Waals surface area (Å²) in [6, 6.07) is 0. The third-order valence-corrected chi connectivity index (χ3v) is 2.26. The second-order valence-electron chi connectivity index (χ2n) is 2.64. The Hall–Kier alpha value is -0.740. The van der Waals surface area contributed by atoms with Crippen LogP contribution in [0.25, 0.3) is 0 Å². The molecule has 1 N–H and O–H groups in total. The second-order valence-corrected chi connectivity index (χ2v) is 3.58. The molecule has 1 rings (SSSR count). The molecule has 1 heterocycles. The molecule has 0 saturated heterocycles. The van der Waals surface area contributed by atoms with Crippen molar-refractivity contribution >= 4 is 17.1 Å². The van der Waals surface area contributed by atoms with Crippen LogP contribution in [0.5, 0.6) is 0 Å². The van der Waals surface area contributed by atoms with E-state index in [9.17, 15) is 4.79 Å². The zero-order chi connectivity index (χ0) is 8.97. The van der Waals surface area contributed by atoms with Crippen molar-refractivity contribution in [3.05, 3.63) is 16.1 Å². The van der Waals surface area contributed by atoms with Gasteiger partial charge in [-0.05, 0) is 14.0 Å². The Morgan fingerprint density at radius 1 is 1.75 bits per heavy atom. The summed E-state index contributed by atoms with van der Waals surface area (Å²) in [5.74, 6) is 0.163. The Labute approximate surface area is 75.8 Å². The van der Waals surface area contributed by atoms with Gasteiger partial charge >= 0.3 is 0 Å². The smallest absolute Gasteiger partial charge is 0.135 e. The highest BCUT2D eigenvalue weighted by molar-refractivity contribution is 7.09. The minimum atomic E-state index is 0.163. The van der Waals surface area contributed by atoms with Gasteiger partial charge in [-0.2, -0.15) is 0 Å². The van der Waals surface area contributed by atoms with Crippen LogP contribution >= 0.6 is 11.3 Å². The standard InChI is InChI=1S/C8H12N2OS/c1-6(11)3-7-5-12-8(10-7)4-9-2/h5,9H,3-4H2,1-2H3. The predicted octanol–water partition coefficient (Wildman–Crippen LogP) is 0.994. The molecule has 0 atom stereocenters. The number of Topliss-reactive ketones (excluding diaryl/α,β-unsaturated/α-hetero) is 1. The lowest BCUT2D eigenvalue weighted by atomic mass is 10.3. The van der Waals surface area contributed by atoms with Crippen LogP contribution in [0.3, 0.4) is 0 Å². The molecule has 0 fully saturated rings. The van der Waals surface area contributed by atoms with Crippen LogP contribution in [0.1, 0.15) is 17.6 Å². The summed E-state index contributed by atoms with van der Waals surface area (Å²) < 4.78 is 0. The summed E-state index contributed by atoms with van der Waals surface area (Å²) in [6.07, 6.45) is 0.459. The van der Waals surface area contributed by atoms with Crippen molar-refractivity contribution in [1.29, 1.82) is 0 Å². The van der Waals surface area contributed by atoms with Gasteiger partial charge in [-0.3, -0.25) is 4.79 Å². The molecule has 0 saturated carbocycles. The van der Waals surface area contributed by atoms with Gasteiger partial charge in [0.2, 0.25) is 0 Å². The maximum atomic E-state index is 10.7. The van der Waals surface area contributed by atoms with E-state index in [1.807, 2.05) is 12.4 Å². The number of nitrogens with one attached hydrogen (secondary N) is 1. The summed E-state index contributed by atoms with van der Waals surface area (Å²) in [7, 11) is 1.88. The van der Waals surface area contributed by atoms with Crippen LogP contribution in [0, 0.1) is 0 Å². The lowest BCUT2D eigenvalue weighted by Crippen LogP contribution is -2.05. The second kappa shape index (κ2) is 4.33. The molecule has 12 heavy (non-hydrogen) atoms. The van der Waals surface area contributed by atoms with Crippen LogP contribution in [0.2, 0.25) is 0 Å². The first kappa shape index (κ1) is 9.35. The number of aromatic nitrogens is 1. The van der Waals surface area contributed by atoms with Gasteiger partial charge in [0.25, 0.3) is 0 Å². The average molecular weight is 184 g/mol. The van der Waals surface area contributed by atoms with Crippen molar-refractivity contribution in [3.8, 4) is 0 Å². The molecular formula is C8H12N2OS. The maximum Gasteiger partial charge on any atom is 0.135 e. The molecule has 0 unspecified atom stereocenters. The zero-order valence-corrected chi connectivity index (χ0v) is 8.07. The number of hydrogen-bond acceptors (Lipinski definition) is 4. The fourth-order valence-corrected chi connectivity index (χ4v) is 1.72. The Morgan fingerprint density at radius 3 is 3.08 bits per heavy atom. The van der Waals surface area contributed by atoms with E-state index in [0.717, 1.165) is 17.2 Å². The number of nitrogens with zero attached hydrogens (tertiary/aromatic N) is 1. The predicted molar refractivity (Wildman–Crippen MR) is 49.3 cm³/mol. The van der Waals surface area contributed by atoms with Gasteiger partial charge in [0.15, 0.2) is 0 Å². The summed E-state index contributed by atoms with van der Waals surface area (Å²) in [6.45, 7) is 2.36. The first-order valence-electron chi connectivity index (χ1n) is 3.79. The van der Waals surface area contributed by atoms with Gasteiger partial charge in [0.1, 0.15) is 10.8 Å². The minimum Gasteiger partial charge on any atom is -0.314 e. The SMILES string of the molecule is CNCc1nc(CC(C)=O)cs1. The summed E-state index contributed by atoms with van der Waals surface area (Å²) in [5.41, 5.74) is 0.887. The minimum absolute atomic E-state index is 0.163. The van der Waals surface area contributed by atoms with Gasteiger partial charge < -0.3 is 5.32 Å². The van der Waals surface area contributed by atoms with Crippen LogP contribution in [0.4, 0.5) is 0 Å². The summed E-state index contributed by atoms with van der Waals surface area (Å²) >= 11 is 1.59. The van der Waals surface area contributed by atoms with E-state index in [2.05, 4.69) is 10.3 Å². The van der Waals surface area contributed by atoms with Crippen molar-refractivity contribution in [2.75, 3.05) is 7.05 Å². The molecule has 1 aromatic heterocycles. The number of thiazole rings is 1. The van der Waals surface area contributed by atoms with E-state index in [1.54, 1.807) is 18.3 Å². The van der Waals surface area contributed by atoms with Gasteiger partial charge in [0.05, 0.1) is 5.69 Å². The molecule has 0 bridgehead atoms. The van der Waals surface area contributed by atoms with Crippen molar-refractivity contribution in [2.45, 2.75) is 19.9 Å². The Morgan fingerprint density at radius 2 is 2.50 bits per heavy atom. The van der Waals surface area contributed by atoms with E-state index < -0.39 is 0 Å². The lowest BCUT2D eigenvalue weighted by Gasteiger charge is -1.91. The van der Waals surface area contributed by atoms with Crippen molar-refractivity contribution in [1.82, 2.24) is 10.3 Å². The monoisotopic (exact) mass is 184 g/mol. The van der Waals surface area contributed by atoms with Crippen LogP contribution in [0.15, 0.2) is 5.38 Å². The molecule has 0 aliphatic rings. The number of rotatable bonds is 4. The Balaban J connectivity index is 2.58. The highest BCUT2D eigenvalue weighted by Gasteiger charge is 2.02. The van der Waals surface area contributed by atoms with Gasteiger partial charge in [-0.1, -0.05) is 0 Å². The first-order valence-corrected chi connectivity index (χ1v) is 4.67. The van der Waals surface area contributed by atoms with E-state index in [0.29, 0.717) is 6.42 Å². The quantitative estimate of drug-likeness (QED) is 0.759. The van der Waals surface area contributed by atoms with E-state index in [1.165, 1.54) is 0 Å². The third kappa shape index (κ3) is 2.71. The highest BCUT2D eigenvalue weighted by Crippen LogP contribution is 2.09. The zero-order valence-electron chi connectivity index (χ0n) is 7.26. The number of hydrogen-bond donors (Lipinski definition) is 1. The van der Waals surface area contributed by atoms with E-state index in [-0.39, 0.29) is 5.78 Å². The van der Waals surface area contributed by atoms with Crippen molar-refractivity contribution in [3.63, 3.8) is 0 Å². The van der Waals surface area contributed by atoms with Gasteiger partial charge in [-0.25, -0.2) is 4.98 Å². The molecule has 0 radical (unpaired) electrons. The molecule has 4 heteroatoms. The summed E-state index contributed by atoms with van der Waals surface area (Å²) in [5, 5.41) is 5.99. The summed E-state index contributed by atoms with van der Waals surface area (Å²) in [4.78, 5) is 15.0. The first-order chi connectivity index (χ1) is 5.72. The third-order valence-electron chi connectivity index (χ3n) is 1.36. The van der Waals surface area contributed by atoms with Crippen molar-refractivity contribution in [2.24, 2.45) is 0 Å². The van der Waals surface area contributed by atoms with Crippen LogP contribution < -0.4 is 5.32 Å². The Bertz CT molecular complexity index is 270. The molecule has 3 nitrogen and oxygen atoms in total. The fourth-order valence-electron chi connectivity index (χ4n) is 0.918. The maximum absolute atomic E-state index is 10.7. The van der Waals surface area contributed by atoms with Crippen LogP contribution in [-0.4, -0.2) is 17.8 Å². The normalized spacial score (nSPS) is 10.2. The van der Waals surface area contributed by atoms with Crippen molar-refractivity contribution < 1.29 is 4.79 Å². The van der Waals surface area contributed by atoms with Crippen LogP contribution in [-0.2, 0) is 17.8 Å². The number of carbonyl (C=O) groups excluding carboxylic acids is 1. The number of ketones is 1.